The molecular formula is C12H22O5. The van der Waals surface area contributed by atoms with Crippen molar-refractivity contribution in [3.05, 3.63) is 0 Å². The van der Waals surface area contributed by atoms with E-state index in [1.807, 2.05) is 0 Å². The molecule has 1 unspecified atom stereocenters. The molecule has 0 spiro atoms. The number of hydrogen-bond donors (Lipinski definition) is 0. The minimum absolute atomic E-state index is 0.0311. The zero-order valence-electron chi connectivity index (χ0n) is 11.2. The largest absolute Gasteiger partial charge is 0.461 e. The van der Waals surface area contributed by atoms with Crippen LogP contribution < -0.4 is 0 Å². The van der Waals surface area contributed by atoms with Crippen LogP contribution in [0.5, 0.6) is 0 Å². The summed E-state index contributed by atoms with van der Waals surface area (Å²) in [5.41, 5.74) is 0. The number of carbonyl (C=O) groups is 2. The molecule has 0 aromatic carbocycles. The Balaban J connectivity index is 4.15. The summed E-state index contributed by atoms with van der Waals surface area (Å²) >= 11 is 0. The van der Waals surface area contributed by atoms with Gasteiger partial charge in [-0.25, -0.2) is 0 Å². The van der Waals surface area contributed by atoms with Gasteiger partial charge in [-0.3, -0.25) is 9.59 Å². The van der Waals surface area contributed by atoms with E-state index in [1.165, 1.54) is 7.11 Å². The standard InChI is InChI=1S/C12H22O5/c1-8(2)11(13)16-7-10(6-15-5)17-12(14)9(3)4/h8-10H,6-7H2,1-5H3. The van der Waals surface area contributed by atoms with Crippen LogP contribution in [-0.4, -0.2) is 38.4 Å². The van der Waals surface area contributed by atoms with Crippen LogP contribution in [0, 0.1) is 11.8 Å². The van der Waals surface area contributed by atoms with Crippen LogP contribution in [0.1, 0.15) is 27.7 Å². The molecule has 0 amide bonds. The molecule has 0 N–H and O–H groups in total. The van der Waals surface area contributed by atoms with Gasteiger partial charge in [-0.2, -0.15) is 0 Å². The Morgan fingerprint density at radius 3 is 1.88 bits per heavy atom. The van der Waals surface area contributed by atoms with Crippen molar-refractivity contribution in [1.29, 1.82) is 0 Å². The van der Waals surface area contributed by atoms with Gasteiger partial charge < -0.3 is 14.2 Å². The van der Waals surface area contributed by atoms with E-state index in [0.29, 0.717) is 0 Å². The molecular weight excluding hydrogens is 224 g/mol. The number of hydrogen-bond acceptors (Lipinski definition) is 5. The second kappa shape index (κ2) is 8.06. The molecule has 0 heterocycles. The summed E-state index contributed by atoms with van der Waals surface area (Å²) in [5.74, 6) is -1.05. The average molecular weight is 246 g/mol. The van der Waals surface area contributed by atoms with Crippen molar-refractivity contribution in [1.82, 2.24) is 0 Å². The average Bonchev–Trinajstić information content (AvgIpc) is 2.25. The number of esters is 2. The molecule has 0 aliphatic rings. The summed E-state index contributed by atoms with van der Waals surface area (Å²) in [6, 6.07) is 0. The molecule has 0 aliphatic carbocycles. The highest BCUT2D eigenvalue weighted by atomic mass is 16.6. The second-order valence-corrected chi connectivity index (χ2v) is 4.45. The molecule has 0 saturated carbocycles. The fourth-order valence-electron chi connectivity index (χ4n) is 0.944. The third-order valence-corrected chi connectivity index (χ3v) is 1.99. The van der Waals surface area contributed by atoms with Crippen molar-refractivity contribution in [3.63, 3.8) is 0 Å². The summed E-state index contributed by atoms with van der Waals surface area (Å²) in [5, 5.41) is 0. The van der Waals surface area contributed by atoms with E-state index in [2.05, 4.69) is 0 Å². The van der Waals surface area contributed by atoms with Crippen molar-refractivity contribution in [2.24, 2.45) is 11.8 Å². The van der Waals surface area contributed by atoms with Gasteiger partial charge in [-0.05, 0) is 0 Å². The van der Waals surface area contributed by atoms with Gasteiger partial charge in [0.1, 0.15) is 6.61 Å². The lowest BCUT2D eigenvalue weighted by Gasteiger charge is -2.18. The molecule has 0 fully saturated rings. The molecule has 0 aromatic rings. The summed E-state index contributed by atoms with van der Waals surface area (Å²) in [6.45, 7) is 7.22. The van der Waals surface area contributed by atoms with E-state index in [4.69, 9.17) is 14.2 Å². The monoisotopic (exact) mass is 246 g/mol. The Kier molecular flexibility index (Phi) is 7.54. The van der Waals surface area contributed by atoms with Gasteiger partial charge in [0.2, 0.25) is 0 Å². The van der Waals surface area contributed by atoms with Crippen molar-refractivity contribution in [3.8, 4) is 0 Å². The van der Waals surface area contributed by atoms with Crippen LogP contribution in [0.3, 0.4) is 0 Å². The van der Waals surface area contributed by atoms with Gasteiger partial charge in [-0.1, -0.05) is 27.7 Å². The highest BCUT2D eigenvalue weighted by Gasteiger charge is 2.19. The van der Waals surface area contributed by atoms with E-state index in [-0.39, 0.29) is 37.0 Å². The fourth-order valence-corrected chi connectivity index (χ4v) is 0.944. The molecule has 5 nitrogen and oxygen atoms in total. The van der Waals surface area contributed by atoms with Gasteiger partial charge in [0, 0.05) is 7.11 Å². The number of rotatable bonds is 7. The van der Waals surface area contributed by atoms with E-state index in [9.17, 15) is 9.59 Å². The first-order valence-corrected chi connectivity index (χ1v) is 5.74. The minimum atomic E-state index is -0.544. The molecule has 0 saturated heterocycles. The normalized spacial score (nSPS) is 12.6. The minimum Gasteiger partial charge on any atom is -0.461 e. The van der Waals surface area contributed by atoms with Crippen molar-refractivity contribution < 1.29 is 23.8 Å². The Morgan fingerprint density at radius 1 is 0.941 bits per heavy atom. The molecule has 1 atom stereocenters. The quantitative estimate of drug-likeness (QED) is 0.635. The molecule has 5 heteroatoms. The van der Waals surface area contributed by atoms with Gasteiger partial charge in [-0.15, -0.1) is 0 Å². The van der Waals surface area contributed by atoms with Crippen molar-refractivity contribution in [2.75, 3.05) is 20.3 Å². The van der Waals surface area contributed by atoms with Crippen LogP contribution >= 0.6 is 0 Å². The lowest BCUT2D eigenvalue weighted by Crippen LogP contribution is -2.31. The summed E-state index contributed by atoms with van der Waals surface area (Å²) in [4.78, 5) is 22.7. The lowest BCUT2D eigenvalue weighted by molar-refractivity contribution is -0.166. The fraction of sp³-hybridized carbons (Fsp3) is 0.833. The molecule has 0 bridgehead atoms. The third-order valence-electron chi connectivity index (χ3n) is 1.99. The first-order chi connectivity index (χ1) is 7.88. The Hall–Kier alpha value is -1.10. The number of methoxy groups -OCH3 is 1. The summed E-state index contributed by atoms with van der Waals surface area (Å²) in [6.07, 6.45) is -0.544. The Morgan fingerprint density at radius 2 is 1.47 bits per heavy atom. The second-order valence-electron chi connectivity index (χ2n) is 4.45. The van der Waals surface area contributed by atoms with E-state index in [0.717, 1.165) is 0 Å². The molecule has 17 heavy (non-hydrogen) atoms. The predicted octanol–water partition coefficient (Wildman–Crippen LogP) is 1.40. The Labute approximate surface area is 102 Å². The van der Waals surface area contributed by atoms with Crippen LogP contribution in [0.15, 0.2) is 0 Å². The zero-order chi connectivity index (χ0) is 13.4. The smallest absolute Gasteiger partial charge is 0.308 e. The maximum atomic E-state index is 11.4. The number of carbonyl (C=O) groups excluding carboxylic acids is 2. The van der Waals surface area contributed by atoms with Crippen molar-refractivity contribution >= 4 is 11.9 Å². The molecule has 0 aromatic heterocycles. The van der Waals surface area contributed by atoms with Crippen molar-refractivity contribution in [2.45, 2.75) is 33.8 Å². The maximum absolute atomic E-state index is 11.4. The molecule has 0 rings (SSSR count). The van der Waals surface area contributed by atoms with E-state index in [1.54, 1.807) is 27.7 Å². The predicted molar refractivity (Wildman–Crippen MR) is 62.4 cm³/mol. The van der Waals surface area contributed by atoms with Gasteiger partial charge in [0.05, 0.1) is 18.4 Å². The van der Waals surface area contributed by atoms with Gasteiger partial charge >= 0.3 is 11.9 Å². The SMILES string of the molecule is COCC(COC(=O)C(C)C)OC(=O)C(C)C. The van der Waals surface area contributed by atoms with E-state index < -0.39 is 6.10 Å². The molecule has 100 valence electrons. The van der Waals surface area contributed by atoms with Gasteiger partial charge in [0.15, 0.2) is 6.10 Å². The molecule has 0 aliphatic heterocycles. The summed E-state index contributed by atoms with van der Waals surface area (Å²) in [7, 11) is 1.50. The van der Waals surface area contributed by atoms with Crippen LogP contribution in [0.2, 0.25) is 0 Å². The molecule has 0 radical (unpaired) electrons. The van der Waals surface area contributed by atoms with Crippen LogP contribution in [-0.2, 0) is 23.8 Å². The third kappa shape index (κ3) is 6.94. The summed E-state index contributed by atoms with van der Waals surface area (Å²) < 4.78 is 15.1. The lowest BCUT2D eigenvalue weighted by atomic mass is 10.2. The number of ether oxygens (including phenoxy) is 3. The van der Waals surface area contributed by atoms with Crippen LogP contribution in [0.4, 0.5) is 0 Å². The van der Waals surface area contributed by atoms with E-state index >= 15 is 0 Å². The maximum Gasteiger partial charge on any atom is 0.308 e. The Bertz CT molecular complexity index is 247. The topological polar surface area (TPSA) is 61.8 Å². The van der Waals surface area contributed by atoms with Crippen LogP contribution in [0.25, 0.3) is 0 Å². The highest BCUT2D eigenvalue weighted by Crippen LogP contribution is 2.04. The first kappa shape index (κ1) is 15.9. The zero-order valence-corrected chi connectivity index (χ0v) is 11.2. The van der Waals surface area contributed by atoms with Gasteiger partial charge in [0.25, 0.3) is 0 Å². The highest BCUT2D eigenvalue weighted by molar-refractivity contribution is 5.72. The first-order valence-electron chi connectivity index (χ1n) is 5.74.